The molecule has 4 heteroatoms. The highest BCUT2D eigenvalue weighted by Gasteiger charge is 2.12. The fraction of sp³-hybridized carbons (Fsp3) is 0.889. The van der Waals surface area contributed by atoms with E-state index in [0.717, 1.165) is 26.2 Å². The molecule has 0 bridgehead atoms. The van der Waals surface area contributed by atoms with Crippen molar-refractivity contribution >= 4 is 5.78 Å². The average molecular weight is 186 g/mol. The molecule has 1 N–H and O–H groups in total. The molecule has 0 aromatic heterocycles. The quantitative estimate of drug-likeness (QED) is 0.628. The predicted molar refractivity (Wildman–Crippen MR) is 50.8 cm³/mol. The number of carbonyl (C=O) groups is 1. The standard InChI is InChI=1S/C9H18N2O2/c1-2-13-8-9(12)7-11-5-3-10-4-6-11/h10H,2-8H2,1H3. The number of ether oxygens (including phenoxy) is 1. The van der Waals surface area contributed by atoms with Gasteiger partial charge in [0.2, 0.25) is 0 Å². The van der Waals surface area contributed by atoms with Crippen LogP contribution in [0.4, 0.5) is 0 Å². The number of nitrogens with one attached hydrogen (secondary N) is 1. The number of carbonyl (C=O) groups excluding carboxylic acids is 1. The molecule has 0 atom stereocenters. The molecule has 0 saturated carbocycles. The van der Waals surface area contributed by atoms with Crippen LogP contribution in [-0.2, 0) is 9.53 Å². The monoisotopic (exact) mass is 186 g/mol. The van der Waals surface area contributed by atoms with Crippen molar-refractivity contribution in [3.63, 3.8) is 0 Å². The molecule has 0 aromatic rings. The Morgan fingerprint density at radius 2 is 2.15 bits per heavy atom. The van der Waals surface area contributed by atoms with Gasteiger partial charge in [-0.05, 0) is 6.92 Å². The third kappa shape index (κ3) is 4.36. The minimum absolute atomic E-state index is 0.184. The minimum Gasteiger partial charge on any atom is -0.374 e. The molecule has 1 heterocycles. The van der Waals surface area contributed by atoms with Gasteiger partial charge in [-0.15, -0.1) is 0 Å². The average Bonchev–Trinajstić information content (AvgIpc) is 2.16. The lowest BCUT2D eigenvalue weighted by molar-refractivity contribution is -0.124. The molecule has 1 aliphatic heterocycles. The zero-order valence-electron chi connectivity index (χ0n) is 8.21. The lowest BCUT2D eigenvalue weighted by Crippen LogP contribution is -2.45. The number of nitrogens with zero attached hydrogens (tertiary/aromatic N) is 1. The molecule has 0 radical (unpaired) electrons. The van der Waals surface area contributed by atoms with Crippen molar-refractivity contribution in [2.75, 3.05) is 45.9 Å². The summed E-state index contributed by atoms with van der Waals surface area (Å²) in [5.74, 6) is 0.184. The van der Waals surface area contributed by atoms with Gasteiger partial charge >= 0.3 is 0 Å². The van der Waals surface area contributed by atoms with Gasteiger partial charge in [0.15, 0.2) is 5.78 Å². The van der Waals surface area contributed by atoms with E-state index in [4.69, 9.17) is 4.74 Å². The number of hydrogen-bond donors (Lipinski definition) is 1. The van der Waals surface area contributed by atoms with Crippen molar-refractivity contribution in [1.82, 2.24) is 10.2 Å². The van der Waals surface area contributed by atoms with Crippen molar-refractivity contribution in [3.8, 4) is 0 Å². The van der Waals surface area contributed by atoms with Gasteiger partial charge in [-0.1, -0.05) is 0 Å². The van der Waals surface area contributed by atoms with Crippen molar-refractivity contribution in [1.29, 1.82) is 0 Å². The van der Waals surface area contributed by atoms with Crippen molar-refractivity contribution in [2.45, 2.75) is 6.92 Å². The third-order valence-corrected chi connectivity index (χ3v) is 2.08. The molecule has 0 aliphatic carbocycles. The van der Waals surface area contributed by atoms with Crippen LogP contribution in [-0.4, -0.2) is 56.6 Å². The van der Waals surface area contributed by atoms with E-state index in [2.05, 4.69) is 10.2 Å². The van der Waals surface area contributed by atoms with Crippen molar-refractivity contribution in [2.24, 2.45) is 0 Å². The van der Waals surface area contributed by atoms with E-state index < -0.39 is 0 Å². The van der Waals surface area contributed by atoms with Crippen LogP contribution in [0.2, 0.25) is 0 Å². The second kappa shape index (κ2) is 6.07. The fourth-order valence-electron chi connectivity index (χ4n) is 1.38. The number of rotatable bonds is 5. The van der Waals surface area contributed by atoms with Crippen LogP contribution in [0.25, 0.3) is 0 Å². The number of ketones is 1. The highest BCUT2D eigenvalue weighted by atomic mass is 16.5. The lowest BCUT2D eigenvalue weighted by atomic mass is 10.3. The Hall–Kier alpha value is -0.450. The Balaban J connectivity index is 2.11. The molecule has 0 amide bonds. The summed E-state index contributed by atoms with van der Waals surface area (Å²) >= 11 is 0. The van der Waals surface area contributed by atoms with Gasteiger partial charge in [0, 0.05) is 32.8 Å². The first-order chi connectivity index (χ1) is 6.33. The first-order valence-electron chi connectivity index (χ1n) is 4.85. The Bertz CT molecular complexity index is 156. The predicted octanol–water partition coefficient (Wildman–Crippen LogP) is -0.503. The van der Waals surface area contributed by atoms with Gasteiger partial charge in [0.25, 0.3) is 0 Å². The summed E-state index contributed by atoms with van der Waals surface area (Å²) in [5.41, 5.74) is 0. The molecule has 13 heavy (non-hydrogen) atoms. The lowest BCUT2D eigenvalue weighted by Gasteiger charge is -2.26. The molecule has 1 rings (SSSR count). The summed E-state index contributed by atoms with van der Waals surface area (Å²) in [7, 11) is 0. The van der Waals surface area contributed by atoms with E-state index in [9.17, 15) is 4.79 Å². The topological polar surface area (TPSA) is 41.6 Å². The summed E-state index contributed by atoms with van der Waals surface area (Å²) in [6, 6.07) is 0. The summed E-state index contributed by atoms with van der Waals surface area (Å²) in [6.07, 6.45) is 0. The van der Waals surface area contributed by atoms with Crippen LogP contribution >= 0.6 is 0 Å². The fourth-order valence-corrected chi connectivity index (χ4v) is 1.38. The second-order valence-electron chi connectivity index (χ2n) is 3.20. The third-order valence-electron chi connectivity index (χ3n) is 2.08. The largest absolute Gasteiger partial charge is 0.374 e. The Kier molecular flexibility index (Phi) is 4.97. The number of piperazine rings is 1. The number of hydrogen-bond acceptors (Lipinski definition) is 4. The first kappa shape index (κ1) is 10.6. The van der Waals surface area contributed by atoms with Gasteiger partial charge in [-0.3, -0.25) is 9.69 Å². The van der Waals surface area contributed by atoms with Crippen molar-refractivity contribution < 1.29 is 9.53 Å². The van der Waals surface area contributed by atoms with Gasteiger partial charge in [0.05, 0.1) is 6.54 Å². The summed E-state index contributed by atoms with van der Waals surface area (Å²) in [5, 5.41) is 3.25. The van der Waals surface area contributed by atoms with E-state index in [1.807, 2.05) is 6.92 Å². The molecule has 0 unspecified atom stereocenters. The van der Waals surface area contributed by atoms with E-state index in [1.54, 1.807) is 0 Å². The molecule has 1 saturated heterocycles. The highest BCUT2D eigenvalue weighted by molar-refractivity contribution is 5.81. The molecular weight excluding hydrogens is 168 g/mol. The maximum Gasteiger partial charge on any atom is 0.172 e. The van der Waals surface area contributed by atoms with E-state index in [0.29, 0.717) is 13.2 Å². The van der Waals surface area contributed by atoms with E-state index in [1.165, 1.54) is 0 Å². The SMILES string of the molecule is CCOCC(=O)CN1CCNCC1. The zero-order valence-corrected chi connectivity index (χ0v) is 8.21. The van der Waals surface area contributed by atoms with Crippen LogP contribution in [0.15, 0.2) is 0 Å². The Morgan fingerprint density at radius 3 is 2.77 bits per heavy atom. The Morgan fingerprint density at radius 1 is 1.46 bits per heavy atom. The molecule has 1 fully saturated rings. The normalized spacial score (nSPS) is 18.8. The van der Waals surface area contributed by atoms with Gasteiger partial charge in [-0.2, -0.15) is 0 Å². The van der Waals surface area contributed by atoms with Gasteiger partial charge in [-0.25, -0.2) is 0 Å². The molecule has 76 valence electrons. The maximum absolute atomic E-state index is 11.3. The van der Waals surface area contributed by atoms with E-state index >= 15 is 0 Å². The van der Waals surface area contributed by atoms with Crippen LogP contribution in [0.5, 0.6) is 0 Å². The van der Waals surface area contributed by atoms with Crippen LogP contribution in [0.3, 0.4) is 0 Å². The van der Waals surface area contributed by atoms with Crippen LogP contribution in [0.1, 0.15) is 6.92 Å². The Labute approximate surface area is 79.2 Å². The minimum atomic E-state index is 0.184. The smallest absolute Gasteiger partial charge is 0.172 e. The van der Waals surface area contributed by atoms with E-state index in [-0.39, 0.29) is 12.4 Å². The summed E-state index contributed by atoms with van der Waals surface area (Å²) in [6.45, 7) is 7.24. The molecule has 0 aromatic carbocycles. The van der Waals surface area contributed by atoms with Crippen molar-refractivity contribution in [3.05, 3.63) is 0 Å². The number of Topliss-reactive ketones (excluding diaryl/α,β-unsaturated/α-hetero) is 1. The van der Waals surface area contributed by atoms with Crippen LogP contribution < -0.4 is 5.32 Å². The molecule has 1 aliphatic rings. The van der Waals surface area contributed by atoms with Gasteiger partial charge < -0.3 is 10.1 Å². The highest BCUT2D eigenvalue weighted by Crippen LogP contribution is 1.92. The van der Waals surface area contributed by atoms with Crippen LogP contribution in [0, 0.1) is 0 Å². The maximum atomic E-state index is 11.3. The zero-order chi connectivity index (χ0) is 9.52. The molecule has 4 nitrogen and oxygen atoms in total. The van der Waals surface area contributed by atoms with Gasteiger partial charge in [0.1, 0.15) is 6.61 Å². The second-order valence-corrected chi connectivity index (χ2v) is 3.20. The summed E-state index contributed by atoms with van der Waals surface area (Å²) < 4.78 is 5.04. The summed E-state index contributed by atoms with van der Waals surface area (Å²) in [4.78, 5) is 13.4. The molecule has 0 spiro atoms. The first-order valence-corrected chi connectivity index (χ1v) is 4.85. The molecular formula is C9H18N2O2.